The highest BCUT2D eigenvalue weighted by Gasteiger charge is 2.17. The molecule has 0 aromatic carbocycles. The van der Waals surface area contributed by atoms with E-state index in [0.29, 0.717) is 12.8 Å². The third-order valence-electron chi connectivity index (χ3n) is 6.65. The SMILES string of the molecule is CC/C=C\C/C=C\C/C=C\C/C=C\C/C=C\C/C=C\CCC(=O)NC(CO)C(O)/C=C/CCCCCCCCCC. The average Bonchev–Trinajstić information content (AvgIpc) is 2.97. The molecule has 232 valence electrons. The lowest BCUT2D eigenvalue weighted by atomic mass is 10.1. The number of aliphatic hydroxyl groups excluding tert-OH is 2. The molecule has 0 aliphatic heterocycles. The van der Waals surface area contributed by atoms with Gasteiger partial charge in [0.1, 0.15) is 0 Å². The van der Waals surface area contributed by atoms with Crippen molar-refractivity contribution >= 4 is 5.91 Å². The molecule has 0 bridgehead atoms. The normalized spacial score (nSPS) is 14.3. The van der Waals surface area contributed by atoms with E-state index in [-0.39, 0.29) is 12.5 Å². The first-order valence-corrected chi connectivity index (χ1v) is 16.3. The third-order valence-corrected chi connectivity index (χ3v) is 6.65. The molecule has 0 radical (unpaired) electrons. The Morgan fingerprint density at radius 2 is 1.07 bits per heavy atom. The second-order valence-electron chi connectivity index (χ2n) is 10.5. The van der Waals surface area contributed by atoms with Crippen molar-refractivity contribution < 1.29 is 15.0 Å². The molecule has 2 unspecified atom stereocenters. The fourth-order valence-corrected chi connectivity index (χ4v) is 4.14. The van der Waals surface area contributed by atoms with Gasteiger partial charge in [0, 0.05) is 6.42 Å². The summed E-state index contributed by atoms with van der Waals surface area (Å²) in [6.45, 7) is 4.10. The highest BCUT2D eigenvalue weighted by Crippen LogP contribution is 2.10. The lowest BCUT2D eigenvalue weighted by Crippen LogP contribution is -2.45. The maximum absolute atomic E-state index is 12.2. The molecule has 3 N–H and O–H groups in total. The third kappa shape index (κ3) is 28.9. The minimum atomic E-state index is -0.871. The molecule has 2 atom stereocenters. The molecule has 41 heavy (non-hydrogen) atoms. The van der Waals surface area contributed by atoms with Gasteiger partial charge >= 0.3 is 0 Å². The molecule has 4 nitrogen and oxygen atoms in total. The van der Waals surface area contributed by atoms with E-state index >= 15 is 0 Å². The van der Waals surface area contributed by atoms with Crippen LogP contribution < -0.4 is 5.32 Å². The van der Waals surface area contributed by atoms with Crippen LogP contribution in [0.25, 0.3) is 0 Å². The molecule has 0 aliphatic rings. The summed E-state index contributed by atoms with van der Waals surface area (Å²) in [6, 6.07) is -0.664. The van der Waals surface area contributed by atoms with Crippen LogP contribution in [0.2, 0.25) is 0 Å². The average molecular weight is 568 g/mol. The number of carbonyl (C=O) groups excluding carboxylic acids is 1. The van der Waals surface area contributed by atoms with Gasteiger partial charge in [0.25, 0.3) is 0 Å². The van der Waals surface area contributed by atoms with E-state index < -0.39 is 12.1 Å². The van der Waals surface area contributed by atoms with Crippen molar-refractivity contribution in [2.45, 2.75) is 135 Å². The van der Waals surface area contributed by atoms with Gasteiger partial charge < -0.3 is 15.5 Å². The Balaban J connectivity index is 3.87. The van der Waals surface area contributed by atoms with Crippen LogP contribution in [-0.2, 0) is 4.79 Å². The topological polar surface area (TPSA) is 69.6 Å². The van der Waals surface area contributed by atoms with Crippen LogP contribution in [0.15, 0.2) is 85.1 Å². The van der Waals surface area contributed by atoms with Gasteiger partial charge in [0.05, 0.1) is 18.8 Å². The van der Waals surface area contributed by atoms with E-state index in [9.17, 15) is 15.0 Å². The zero-order valence-corrected chi connectivity index (χ0v) is 26.3. The van der Waals surface area contributed by atoms with Crippen molar-refractivity contribution in [3.63, 3.8) is 0 Å². The Morgan fingerprint density at radius 3 is 1.56 bits per heavy atom. The van der Waals surface area contributed by atoms with Gasteiger partial charge in [-0.15, -0.1) is 0 Å². The van der Waals surface area contributed by atoms with Gasteiger partial charge in [-0.1, -0.05) is 144 Å². The number of hydrogen-bond donors (Lipinski definition) is 3. The van der Waals surface area contributed by atoms with Crippen LogP contribution in [-0.4, -0.2) is 34.9 Å². The molecular weight excluding hydrogens is 506 g/mol. The van der Waals surface area contributed by atoms with Crippen LogP contribution in [0.5, 0.6) is 0 Å². The molecule has 0 spiro atoms. The number of nitrogens with one attached hydrogen (secondary N) is 1. The number of hydrogen-bond acceptors (Lipinski definition) is 3. The lowest BCUT2D eigenvalue weighted by molar-refractivity contribution is -0.122. The summed E-state index contributed by atoms with van der Waals surface area (Å²) in [5.41, 5.74) is 0. The maximum Gasteiger partial charge on any atom is 0.220 e. The van der Waals surface area contributed by atoms with E-state index in [1.54, 1.807) is 6.08 Å². The van der Waals surface area contributed by atoms with Gasteiger partial charge in [0.15, 0.2) is 0 Å². The summed E-state index contributed by atoms with van der Waals surface area (Å²) in [6.07, 6.45) is 46.7. The van der Waals surface area contributed by atoms with E-state index in [1.165, 1.54) is 44.9 Å². The second kappa shape index (κ2) is 32.1. The molecule has 0 saturated heterocycles. The van der Waals surface area contributed by atoms with Crippen molar-refractivity contribution in [1.82, 2.24) is 5.32 Å². The van der Waals surface area contributed by atoms with Crippen molar-refractivity contribution in [2.24, 2.45) is 0 Å². The monoisotopic (exact) mass is 567 g/mol. The smallest absolute Gasteiger partial charge is 0.220 e. The van der Waals surface area contributed by atoms with Crippen molar-refractivity contribution in [3.8, 4) is 0 Å². The van der Waals surface area contributed by atoms with Gasteiger partial charge in [-0.2, -0.15) is 0 Å². The molecule has 0 aromatic heterocycles. The molecule has 0 heterocycles. The van der Waals surface area contributed by atoms with Crippen molar-refractivity contribution in [3.05, 3.63) is 85.1 Å². The standard InChI is InChI=1S/C37H61NO3/c1-3-5-7-9-11-13-15-16-17-18-19-20-21-22-23-25-27-29-31-33-37(41)38-35(34-39)36(40)32-30-28-26-24-14-12-10-8-6-4-2/h5,7,11,13,16-17,19-20,22-23,27,29-30,32,35-36,39-40H,3-4,6,8-10,12,14-15,18,21,24-26,28,31,33-34H2,1-2H3,(H,38,41)/b7-5-,13-11-,17-16-,20-19-,23-22-,29-27-,32-30+. The van der Waals surface area contributed by atoms with Gasteiger partial charge in [0.2, 0.25) is 5.91 Å². The van der Waals surface area contributed by atoms with Crippen LogP contribution >= 0.6 is 0 Å². The summed E-state index contributed by atoms with van der Waals surface area (Å²) in [7, 11) is 0. The Kier molecular flexibility index (Phi) is 30.2. The van der Waals surface area contributed by atoms with E-state index in [1.807, 2.05) is 12.2 Å². The largest absolute Gasteiger partial charge is 0.394 e. The fraction of sp³-hybridized carbons (Fsp3) is 0.595. The number of rotatable bonds is 27. The highest BCUT2D eigenvalue weighted by atomic mass is 16.3. The number of allylic oxidation sites excluding steroid dienone is 13. The molecular formula is C37H61NO3. The number of carbonyl (C=O) groups is 1. The number of amides is 1. The Hall–Kier alpha value is -2.43. The number of unbranched alkanes of at least 4 members (excludes halogenated alkanes) is 8. The lowest BCUT2D eigenvalue weighted by Gasteiger charge is -2.19. The Morgan fingerprint density at radius 1 is 0.610 bits per heavy atom. The minimum Gasteiger partial charge on any atom is -0.394 e. The molecule has 0 rings (SSSR count). The summed E-state index contributed by atoms with van der Waals surface area (Å²) < 4.78 is 0. The van der Waals surface area contributed by atoms with Crippen LogP contribution in [0.1, 0.15) is 123 Å². The van der Waals surface area contributed by atoms with Crippen LogP contribution in [0, 0.1) is 0 Å². The molecule has 0 saturated carbocycles. The maximum atomic E-state index is 12.2. The fourth-order valence-electron chi connectivity index (χ4n) is 4.14. The predicted molar refractivity (Wildman–Crippen MR) is 179 cm³/mol. The Labute approximate surface area is 252 Å². The summed E-state index contributed by atoms with van der Waals surface area (Å²) in [5, 5.41) is 22.7. The number of aliphatic hydroxyl groups is 2. The first-order chi connectivity index (χ1) is 20.2. The zero-order chi connectivity index (χ0) is 30.1. The summed E-state index contributed by atoms with van der Waals surface area (Å²) in [4.78, 5) is 12.2. The summed E-state index contributed by atoms with van der Waals surface area (Å²) in [5.74, 6) is -0.154. The first-order valence-electron chi connectivity index (χ1n) is 16.3. The Bertz CT molecular complexity index is 788. The van der Waals surface area contributed by atoms with E-state index in [2.05, 4.69) is 86.0 Å². The molecule has 4 heteroatoms. The molecule has 0 aromatic rings. The quantitative estimate of drug-likeness (QED) is 0.0684. The first kappa shape index (κ1) is 38.6. The van der Waals surface area contributed by atoms with E-state index in [4.69, 9.17) is 0 Å². The molecule has 0 aliphatic carbocycles. The van der Waals surface area contributed by atoms with Crippen molar-refractivity contribution in [2.75, 3.05) is 6.61 Å². The van der Waals surface area contributed by atoms with Crippen molar-refractivity contribution in [1.29, 1.82) is 0 Å². The second-order valence-corrected chi connectivity index (χ2v) is 10.5. The molecule has 1 amide bonds. The van der Waals surface area contributed by atoms with Gasteiger partial charge in [-0.25, -0.2) is 0 Å². The van der Waals surface area contributed by atoms with Crippen LogP contribution in [0.4, 0.5) is 0 Å². The van der Waals surface area contributed by atoms with Gasteiger partial charge in [-0.05, 0) is 57.8 Å². The summed E-state index contributed by atoms with van der Waals surface area (Å²) >= 11 is 0. The zero-order valence-electron chi connectivity index (χ0n) is 26.3. The highest BCUT2D eigenvalue weighted by molar-refractivity contribution is 5.76. The van der Waals surface area contributed by atoms with Gasteiger partial charge in [-0.3, -0.25) is 4.79 Å². The molecule has 0 fully saturated rings. The predicted octanol–water partition coefficient (Wildman–Crippen LogP) is 9.39. The van der Waals surface area contributed by atoms with Crippen LogP contribution in [0.3, 0.4) is 0 Å². The minimum absolute atomic E-state index is 0.154. The van der Waals surface area contributed by atoms with E-state index in [0.717, 1.165) is 51.4 Å².